The van der Waals surface area contributed by atoms with Crippen molar-refractivity contribution in [1.82, 2.24) is 30.1 Å². The van der Waals surface area contributed by atoms with E-state index in [0.29, 0.717) is 11.6 Å². The summed E-state index contributed by atoms with van der Waals surface area (Å²) < 4.78 is 68.7. The first-order valence-electron chi connectivity index (χ1n) is 9.73. The molecule has 12 heteroatoms. The number of nitrogens with zero attached hydrogens (tertiary/aromatic N) is 5. The van der Waals surface area contributed by atoms with Crippen LogP contribution in [-0.4, -0.2) is 30.1 Å². The Morgan fingerprint density at radius 3 is 2.35 bits per heavy atom. The van der Waals surface area contributed by atoms with Gasteiger partial charge >= 0.3 is 6.18 Å². The quantitative estimate of drug-likeness (QED) is 0.337. The Morgan fingerprint density at radius 1 is 0.853 bits per heavy atom. The number of anilines is 2. The SMILES string of the molecule is Fc1cc(F)c2[nH]nc(Nc3nc(-c4ccncc4)nc(-c4ccccc4C(F)(F)F)n3)c2c1. The normalized spacial score (nSPS) is 11.7. The molecule has 170 valence electrons. The van der Waals surface area contributed by atoms with E-state index >= 15 is 0 Å². The van der Waals surface area contributed by atoms with Gasteiger partial charge in [0.15, 0.2) is 23.3 Å². The minimum atomic E-state index is -4.65. The summed E-state index contributed by atoms with van der Waals surface area (Å²) in [5, 5.41) is 9.16. The Hall–Kier alpha value is -4.48. The summed E-state index contributed by atoms with van der Waals surface area (Å²) in [6.45, 7) is 0. The first kappa shape index (κ1) is 21.4. The number of H-pyrrole nitrogens is 1. The van der Waals surface area contributed by atoms with E-state index in [-0.39, 0.29) is 39.9 Å². The van der Waals surface area contributed by atoms with Crippen LogP contribution in [0.2, 0.25) is 0 Å². The zero-order valence-electron chi connectivity index (χ0n) is 16.9. The summed E-state index contributed by atoms with van der Waals surface area (Å²) in [7, 11) is 0. The molecule has 0 spiro atoms. The van der Waals surface area contributed by atoms with E-state index in [4.69, 9.17) is 0 Å². The lowest BCUT2D eigenvalue weighted by Crippen LogP contribution is -2.10. The van der Waals surface area contributed by atoms with Crippen molar-refractivity contribution in [3.05, 3.63) is 78.1 Å². The predicted octanol–water partition coefficient (Wildman–Crippen LogP) is 5.52. The van der Waals surface area contributed by atoms with Crippen molar-refractivity contribution in [3.8, 4) is 22.8 Å². The molecular formula is C22H12F5N7. The molecule has 3 heterocycles. The molecule has 5 rings (SSSR count). The fourth-order valence-electron chi connectivity index (χ4n) is 3.35. The number of alkyl halides is 3. The van der Waals surface area contributed by atoms with Gasteiger partial charge in [0.25, 0.3) is 0 Å². The standard InChI is InChI=1S/C22H12F5N7/c23-12-9-14-17(16(24)10-12)33-34-20(14)32-21-30-18(11-5-7-28-8-6-11)29-19(31-21)13-3-1-2-4-15(13)22(25,26)27/h1-10H,(H2,29,30,31,32,33,34). The van der Waals surface area contributed by atoms with Gasteiger partial charge in [0.1, 0.15) is 11.3 Å². The molecule has 0 fully saturated rings. The summed E-state index contributed by atoms with van der Waals surface area (Å²) in [6, 6.07) is 9.75. The number of benzene rings is 2. The molecule has 0 bridgehead atoms. The number of halogens is 5. The van der Waals surface area contributed by atoms with Crippen molar-refractivity contribution < 1.29 is 22.0 Å². The average Bonchev–Trinajstić information content (AvgIpc) is 3.21. The Balaban J connectivity index is 1.67. The van der Waals surface area contributed by atoms with Gasteiger partial charge in [-0.3, -0.25) is 10.1 Å². The number of pyridine rings is 1. The van der Waals surface area contributed by atoms with Crippen LogP contribution in [0.15, 0.2) is 60.9 Å². The van der Waals surface area contributed by atoms with Gasteiger partial charge < -0.3 is 5.32 Å². The second kappa shape index (κ2) is 8.14. The van der Waals surface area contributed by atoms with Gasteiger partial charge in [0, 0.05) is 29.6 Å². The van der Waals surface area contributed by atoms with Crippen LogP contribution in [0.4, 0.5) is 33.7 Å². The molecule has 5 aromatic rings. The third-order valence-electron chi connectivity index (χ3n) is 4.87. The summed E-state index contributed by atoms with van der Waals surface area (Å²) in [5.74, 6) is -2.08. The number of nitrogens with one attached hydrogen (secondary N) is 2. The Labute approximate surface area is 187 Å². The first-order chi connectivity index (χ1) is 16.3. The molecule has 0 aliphatic rings. The maximum Gasteiger partial charge on any atom is 0.417 e. The minimum absolute atomic E-state index is 0.0182. The monoisotopic (exact) mass is 469 g/mol. The summed E-state index contributed by atoms with van der Waals surface area (Å²) in [6.07, 6.45) is -1.70. The highest BCUT2D eigenvalue weighted by Gasteiger charge is 2.34. The van der Waals surface area contributed by atoms with Gasteiger partial charge in [0.05, 0.1) is 10.9 Å². The molecule has 3 aromatic heterocycles. The van der Waals surface area contributed by atoms with Crippen LogP contribution in [0, 0.1) is 11.6 Å². The van der Waals surface area contributed by atoms with Gasteiger partial charge in [0.2, 0.25) is 5.95 Å². The molecule has 34 heavy (non-hydrogen) atoms. The topological polar surface area (TPSA) is 92.3 Å². The molecule has 2 aromatic carbocycles. The van der Waals surface area contributed by atoms with Gasteiger partial charge in [-0.25, -0.2) is 13.8 Å². The highest BCUT2D eigenvalue weighted by atomic mass is 19.4. The lowest BCUT2D eigenvalue weighted by molar-refractivity contribution is -0.137. The van der Waals surface area contributed by atoms with E-state index in [2.05, 4.69) is 35.5 Å². The van der Waals surface area contributed by atoms with Crippen molar-refractivity contribution in [2.75, 3.05) is 5.32 Å². The molecule has 2 N–H and O–H groups in total. The van der Waals surface area contributed by atoms with Gasteiger partial charge in [-0.2, -0.15) is 28.2 Å². The largest absolute Gasteiger partial charge is 0.417 e. The molecule has 0 unspecified atom stereocenters. The molecule has 0 radical (unpaired) electrons. The number of fused-ring (bicyclic) bond motifs is 1. The third-order valence-corrected chi connectivity index (χ3v) is 4.87. The average molecular weight is 469 g/mol. The molecule has 0 saturated carbocycles. The van der Waals surface area contributed by atoms with Gasteiger partial charge in [-0.15, -0.1) is 0 Å². The zero-order valence-corrected chi connectivity index (χ0v) is 16.9. The lowest BCUT2D eigenvalue weighted by Gasteiger charge is -2.13. The second-order valence-corrected chi connectivity index (χ2v) is 7.09. The predicted molar refractivity (Wildman–Crippen MR) is 113 cm³/mol. The van der Waals surface area contributed by atoms with Crippen molar-refractivity contribution in [2.24, 2.45) is 0 Å². The molecule has 0 atom stereocenters. The molecule has 0 aliphatic heterocycles. The number of hydrogen-bond acceptors (Lipinski definition) is 6. The Morgan fingerprint density at radius 2 is 1.59 bits per heavy atom. The van der Waals surface area contributed by atoms with E-state index in [1.54, 1.807) is 12.1 Å². The number of aromatic amines is 1. The van der Waals surface area contributed by atoms with E-state index < -0.39 is 23.4 Å². The lowest BCUT2D eigenvalue weighted by atomic mass is 10.1. The van der Waals surface area contributed by atoms with E-state index in [9.17, 15) is 22.0 Å². The van der Waals surface area contributed by atoms with Gasteiger partial charge in [-0.05, 0) is 24.3 Å². The van der Waals surface area contributed by atoms with Crippen LogP contribution in [0.5, 0.6) is 0 Å². The fourth-order valence-corrected chi connectivity index (χ4v) is 3.35. The first-order valence-corrected chi connectivity index (χ1v) is 9.73. The maximum absolute atomic E-state index is 14.0. The van der Waals surface area contributed by atoms with Crippen LogP contribution in [-0.2, 0) is 6.18 Å². The van der Waals surface area contributed by atoms with Crippen LogP contribution < -0.4 is 5.32 Å². The van der Waals surface area contributed by atoms with Gasteiger partial charge in [-0.1, -0.05) is 18.2 Å². The number of rotatable bonds is 4. The Kier molecular flexibility index (Phi) is 5.11. The highest BCUT2D eigenvalue weighted by molar-refractivity contribution is 5.91. The van der Waals surface area contributed by atoms with E-state index in [0.717, 1.165) is 12.1 Å². The zero-order chi connectivity index (χ0) is 23.9. The third kappa shape index (κ3) is 4.00. The molecule has 7 nitrogen and oxygen atoms in total. The van der Waals surface area contributed by atoms with E-state index in [1.807, 2.05) is 0 Å². The van der Waals surface area contributed by atoms with Crippen molar-refractivity contribution in [1.29, 1.82) is 0 Å². The second-order valence-electron chi connectivity index (χ2n) is 7.09. The van der Waals surface area contributed by atoms with Crippen molar-refractivity contribution in [2.45, 2.75) is 6.18 Å². The van der Waals surface area contributed by atoms with Crippen LogP contribution >= 0.6 is 0 Å². The fraction of sp³-hybridized carbons (Fsp3) is 0.0455. The molecule has 0 saturated heterocycles. The molecule has 0 aliphatic carbocycles. The summed E-state index contributed by atoms with van der Waals surface area (Å²) in [4.78, 5) is 16.5. The maximum atomic E-state index is 14.0. The highest BCUT2D eigenvalue weighted by Crippen LogP contribution is 2.36. The number of hydrogen-bond donors (Lipinski definition) is 2. The molecule has 0 amide bonds. The summed E-state index contributed by atoms with van der Waals surface area (Å²) in [5.41, 5.74) is -0.785. The van der Waals surface area contributed by atoms with Crippen LogP contribution in [0.25, 0.3) is 33.7 Å². The van der Waals surface area contributed by atoms with Crippen LogP contribution in [0.3, 0.4) is 0 Å². The molecular weight excluding hydrogens is 457 g/mol. The Bertz CT molecular complexity index is 1500. The summed E-state index contributed by atoms with van der Waals surface area (Å²) >= 11 is 0. The van der Waals surface area contributed by atoms with Crippen LogP contribution in [0.1, 0.15) is 5.56 Å². The van der Waals surface area contributed by atoms with E-state index in [1.165, 1.54) is 30.6 Å². The van der Waals surface area contributed by atoms with Crippen molar-refractivity contribution >= 4 is 22.7 Å². The smallest absolute Gasteiger partial charge is 0.307 e. The number of aromatic nitrogens is 6. The minimum Gasteiger partial charge on any atom is -0.307 e. The van der Waals surface area contributed by atoms with Crippen molar-refractivity contribution in [3.63, 3.8) is 0 Å².